The summed E-state index contributed by atoms with van der Waals surface area (Å²) in [5, 5.41) is 0. The zero-order valence-electron chi connectivity index (χ0n) is 13.8. The number of hydrogen-bond acceptors (Lipinski definition) is 3. The van der Waals surface area contributed by atoms with E-state index >= 15 is 0 Å². The quantitative estimate of drug-likeness (QED) is 0.838. The van der Waals surface area contributed by atoms with Crippen molar-refractivity contribution < 1.29 is 4.79 Å². The van der Waals surface area contributed by atoms with Crippen LogP contribution in [0, 0.1) is 5.92 Å². The van der Waals surface area contributed by atoms with Gasteiger partial charge in [-0.2, -0.15) is 0 Å². The van der Waals surface area contributed by atoms with E-state index in [9.17, 15) is 4.79 Å². The fourth-order valence-electron chi connectivity index (χ4n) is 4.61. The van der Waals surface area contributed by atoms with Gasteiger partial charge in [-0.15, -0.1) is 0 Å². The third-order valence-electron chi connectivity index (χ3n) is 5.84. The van der Waals surface area contributed by atoms with Gasteiger partial charge < -0.3 is 0 Å². The van der Waals surface area contributed by atoms with Crippen LogP contribution in [0.5, 0.6) is 0 Å². The highest BCUT2D eigenvalue weighted by Crippen LogP contribution is 2.41. The van der Waals surface area contributed by atoms with Crippen molar-refractivity contribution in [3.8, 4) is 0 Å². The fraction of sp³-hybridized carbons (Fsp3) is 0.632. The summed E-state index contributed by atoms with van der Waals surface area (Å²) in [7, 11) is 0. The van der Waals surface area contributed by atoms with Gasteiger partial charge >= 0.3 is 0 Å². The first kappa shape index (κ1) is 14.9. The summed E-state index contributed by atoms with van der Waals surface area (Å²) in [6, 6.07) is 6.68. The first-order chi connectivity index (χ1) is 11.3. The molecule has 2 fully saturated rings. The van der Waals surface area contributed by atoms with Crippen LogP contribution in [0.1, 0.15) is 63.5 Å². The molecule has 2 aliphatic heterocycles. The van der Waals surface area contributed by atoms with Gasteiger partial charge in [0.15, 0.2) is 0 Å². The first-order valence-corrected chi connectivity index (χ1v) is 9.08. The second-order valence-electron chi connectivity index (χ2n) is 7.15. The topological polar surface area (TPSA) is 45.6 Å². The lowest BCUT2D eigenvalue weighted by atomic mass is 9.75. The molecule has 4 nitrogen and oxygen atoms in total. The van der Waals surface area contributed by atoms with Crippen molar-refractivity contribution in [2.45, 2.75) is 69.9 Å². The Bertz CT molecular complexity index is 612. The number of aromatic nitrogens is 1. The molecule has 0 aromatic carbocycles. The van der Waals surface area contributed by atoms with Crippen LogP contribution in [0.25, 0.3) is 0 Å². The van der Waals surface area contributed by atoms with Crippen LogP contribution in [0.3, 0.4) is 0 Å². The Hall–Kier alpha value is -1.71. The molecule has 0 spiro atoms. The van der Waals surface area contributed by atoms with Gasteiger partial charge in [-0.05, 0) is 50.7 Å². The highest BCUT2D eigenvalue weighted by molar-refractivity contribution is 6.02. The molecule has 4 heteroatoms. The molecule has 1 amide bonds. The van der Waals surface area contributed by atoms with Crippen LogP contribution in [-0.2, 0) is 4.79 Å². The number of hydrogen-bond donors (Lipinski definition) is 0. The van der Waals surface area contributed by atoms with E-state index in [-0.39, 0.29) is 12.0 Å². The van der Waals surface area contributed by atoms with E-state index in [1.807, 2.05) is 12.3 Å². The molecule has 1 aromatic rings. The van der Waals surface area contributed by atoms with E-state index in [1.54, 1.807) is 0 Å². The number of rotatable bonds is 2. The molecule has 1 aliphatic carbocycles. The summed E-state index contributed by atoms with van der Waals surface area (Å²) in [6.45, 7) is 2.19. The van der Waals surface area contributed by atoms with E-state index in [0.29, 0.717) is 17.9 Å². The number of fused-ring (bicyclic) bond motifs is 2. The van der Waals surface area contributed by atoms with Crippen molar-refractivity contribution in [3.05, 3.63) is 30.1 Å². The third-order valence-corrected chi connectivity index (χ3v) is 5.84. The summed E-state index contributed by atoms with van der Waals surface area (Å²) >= 11 is 0. The minimum Gasteiger partial charge on any atom is -0.297 e. The van der Waals surface area contributed by atoms with Gasteiger partial charge in [-0.1, -0.05) is 13.0 Å². The van der Waals surface area contributed by atoms with Crippen LogP contribution < -0.4 is 0 Å². The molecule has 3 heterocycles. The maximum Gasteiger partial charge on any atom is 0.233 e. The van der Waals surface area contributed by atoms with Crippen LogP contribution in [0.4, 0.5) is 0 Å². The molecule has 4 rings (SSSR count). The van der Waals surface area contributed by atoms with Crippen molar-refractivity contribution >= 4 is 11.7 Å². The van der Waals surface area contributed by atoms with Gasteiger partial charge in [0.1, 0.15) is 5.84 Å². The molecule has 1 saturated carbocycles. The van der Waals surface area contributed by atoms with Crippen molar-refractivity contribution in [2.75, 3.05) is 0 Å². The van der Waals surface area contributed by atoms with E-state index in [2.05, 4.69) is 28.9 Å². The molecule has 3 aliphatic rings. The fourth-order valence-corrected chi connectivity index (χ4v) is 4.61. The van der Waals surface area contributed by atoms with Crippen LogP contribution in [0.15, 0.2) is 29.4 Å². The average molecular weight is 311 g/mol. The van der Waals surface area contributed by atoms with Gasteiger partial charge in [0.05, 0.1) is 12.0 Å². The van der Waals surface area contributed by atoms with E-state index in [1.165, 1.54) is 6.42 Å². The van der Waals surface area contributed by atoms with Crippen molar-refractivity contribution in [1.82, 2.24) is 9.88 Å². The molecule has 1 aromatic heterocycles. The van der Waals surface area contributed by atoms with Crippen molar-refractivity contribution in [3.63, 3.8) is 0 Å². The largest absolute Gasteiger partial charge is 0.297 e. The predicted molar refractivity (Wildman–Crippen MR) is 90.3 cm³/mol. The summed E-state index contributed by atoms with van der Waals surface area (Å²) in [6.07, 6.45) is 9.17. The maximum atomic E-state index is 13.0. The van der Waals surface area contributed by atoms with E-state index in [4.69, 9.17) is 4.99 Å². The second kappa shape index (κ2) is 6.06. The number of piperidine rings is 1. The molecule has 4 unspecified atom stereocenters. The molecule has 0 bridgehead atoms. The first-order valence-electron chi connectivity index (χ1n) is 9.08. The second-order valence-corrected chi connectivity index (χ2v) is 7.15. The summed E-state index contributed by atoms with van der Waals surface area (Å²) in [4.78, 5) is 24.7. The molecule has 23 heavy (non-hydrogen) atoms. The Morgan fingerprint density at radius 2 is 2.17 bits per heavy atom. The van der Waals surface area contributed by atoms with Crippen LogP contribution in [-0.4, -0.2) is 33.7 Å². The average Bonchev–Trinajstić information content (AvgIpc) is 2.61. The Balaban J connectivity index is 1.59. The van der Waals surface area contributed by atoms with E-state index < -0.39 is 0 Å². The number of amidine groups is 1. The molecule has 122 valence electrons. The normalized spacial score (nSPS) is 33.7. The molecule has 0 radical (unpaired) electrons. The summed E-state index contributed by atoms with van der Waals surface area (Å²) in [5.74, 6) is 1.97. The smallest absolute Gasteiger partial charge is 0.233 e. The lowest BCUT2D eigenvalue weighted by Gasteiger charge is -2.45. The van der Waals surface area contributed by atoms with Gasteiger partial charge in [0.25, 0.3) is 0 Å². The van der Waals surface area contributed by atoms with Crippen molar-refractivity contribution in [1.29, 1.82) is 0 Å². The SMILES string of the molecule is CCC1CCCC2=NC3CC(c4ccccn4)CCC3C(=O)N21. The van der Waals surface area contributed by atoms with Gasteiger partial charge in [-0.3, -0.25) is 19.7 Å². The minimum absolute atomic E-state index is 0.103. The third kappa shape index (κ3) is 2.58. The highest BCUT2D eigenvalue weighted by atomic mass is 16.2. The van der Waals surface area contributed by atoms with Crippen molar-refractivity contribution in [2.24, 2.45) is 10.9 Å². The number of pyridine rings is 1. The minimum atomic E-state index is 0.103. The van der Waals surface area contributed by atoms with Gasteiger partial charge in [0.2, 0.25) is 5.91 Å². The molecule has 1 saturated heterocycles. The zero-order valence-corrected chi connectivity index (χ0v) is 13.8. The van der Waals surface area contributed by atoms with Crippen LogP contribution >= 0.6 is 0 Å². The monoisotopic (exact) mass is 311 g/mol. The van der Waals surface area contributed by atoms with Crippen LogP contribution in [0.2, 0.25) is 0 Å². The zero-order chi connectivity index (χ0) is 15.8. The number of carbonyl (C=O) groups excluding carboxylic acids is 1. The number of aliphatic imine (C=N–C) groups is 1. The van der Waals surface area contributed by atoms with Gasteiger partial charge in [-0.25, -0.2) is 0 Å². The number of amides is 1. The molecule has 0 N–H and O–H groups in total. The Morgan fingerprint density at radius 3 is 2.96 bits per heavy atom. The lowest BCUT2D eigenvalue weighted by molar-refractivity contribution is -0.136. The summed E-state index contributed by atoms with van der Waals surface area (Å²) in [5.41, 5.74) is 1.16. The highest BCUT2D eigenvalue weighted by Gasteiger charge is 2.45. The Labute approximate surface area is 138 Å². The lowest BCUT2D eigenvalue weighted by Crippen LogP contribution is -2.56. The maximum absolute atomic E-state index is 13.0. The molecular formula is C19H25N3O. The predicted octanol–water partition coefficient (Wildman–Crippen LogP) is 3.54. The molecule has 4 atom stereocenters. The number of carbonyl (C=O) groups is 1. The molecular weight excluding hydrogens is 286 g/mol. The number of nitrogens with zero attached hydrogens (tertiary/aromatic N) is 3. The van der Waals surface area contributed by atoms with E-state index in [0.717, 1.165) is 50.1 Å². The summed E-state index contributed by atoms with van der Waals surface area (Å²) < 4.78 is 0. The van der Waals surface area contributed by atoms with Gasteiger partial charge in [0, 0.05) is 30.3 Å². The Morgan fingerprint density at radius 1 is 1.26 bits per heavy atom. The standard InChI is InChI=1S/C19H25N3O/c1-2-14-6-5-8-18-21-17-12-13(16-7-3-4-11-20-16)9-10-15(17)19(23)22(14)18/h3-4,7,11,13-15,17H,2,5-6,8-10,12H2,1H3. The Kier molecular flexibility index (Phi) is 3.92.